The van der Waals surface area contributed by atoms with E-state index in [1.54, 1.807) is 10.7 Å². The Hall–Kier alpha value is -2.15. The predicted molar refractivity (Wildman–Crippen MR) is 64.9 cm³/mol. The smallest absolute Gasteiger partial charge is 0.126 e. The largest absolute Gasteiger partial charge is 0.240 e. The van der Waals surface area contributed by atoms with Gasteiger partial charge in [-0.1, -0.05) is 0 Å². The summed E-state index contributed by atoms with van der Waals surface area (Å²) in [4.78, 5) is 0. The summed E-state index contributed by atoms with van der Waals surface area (Å²) in [5.41, 5.74) is 3.13. The Kier molecular flexibility index (Phi) is 2.41. The molecule has 1 aliphatic carbocycles. The molecule has 1 saturated carbocycles. The Morgan fingerprint density at radius 3 is 2.83 bits per heavy atom. The second-order valence-corrected chi connectivity index (χ2v) is 4.73. The van der Waals surface area contributed by atoms with Gasteiger partial charge in [-0.25, -0.2) is 9.07 Å². The highest BCUT2D eigenvalue weighted by molar-refractivity contribution is 5.42. The van der Waals surface area contributed by atoms with Crippen molar-refractivity contribution in [3.8, 4) is 11.8 Å². The van der Waals surface area contributed by atoms with E-state index < -0.39 is 5.82 Å². The molecule has 0 amide bonds. The van der Waals surface area contributed by atoms with Crippen molar-refractivity contribution in [2.45, 2.75) is 25.7 Å². The highest BCUT2D eigenvalue weighted by Crippen LogP contribution is 2.40. The topological polar surface area (TPSA) is 41.6 Å². The molecule has 3 rings (SSSR count). The van der Waals surface area contributed by atoms with Crippen molar-refractivity contribution < 1.29 is 4.39 Å². The summed E-state index contributed by atoms with van der Waals surface area (Å²) in [6.45, 7) is 2.02. The molecule has 0 unspecified atom stereocenters. The van der Waals surface area contributed by atoms with E-state index in [0.717, 1.165) is 11.3 Å². The lowest BCUT2D eigenvalue weighted by atomic mass is 10.2. The quantitative estimate of drug-likeness (QED) is 0.810. The summed E-state index contributed by atoms with van der Waals surface area (Å²) in [6.07, 6.45) is 4.26. The van der Waals surface area contributed by atoms with Crippen molar-refractivity contribution in [1.82, 2.24) is 9.78 Å². The minimum atomic E-state index is -0.412. The zero-order valence-corrected chi connectivity index (χ0v) is 10.0. The highest BCUT2D eigenvalue weighted by Gasteiger charge is 2.28. The zero-order valence-electron chi connectivity index (χ0n) is 10.0. The molecule has 0 radical (unpaired) electrons. The molecule has 1 aromatic carbocycles. The molecule has 0 bridgehead atoms. The van der Waals surface area contributed by atoms with Crippen LogP contribution in [0.5, 0.6) is 0 Å². The molecular formula is C14H12FN3. The number of nitriles is 1. The van der Waals surface area contributed by atoms with E-state index in [1.807, 2.05) is 19.2 Å². The maximum atomic E-state index is 13.4. The lowest BCUT2D eigenvalue weighted by Crippen LogP contribution is -1.97. The van der Waals surface area contributed by atoms with Crippen LogP contribution in [0.15, 0.2) is 24.4 Å². The van der Waals surface area contributed by atoms with Crippen molar-refractivity contribution >= 4 is 0 Å². The van der Waals surface area contributed by atoms with E-state index >= 15 is 0 Å². The lowest BCUT2D eigenvalue weighted by Gasteiger charge is -2.02. The van der Waals surface area contributed by atoms with Crippen LogP contribution in [0.4, 0.5) is 4.39 Å². The maximum Gasteiger partial charge on any atom is 0.126 e. The molecule has 0 aliphatic heterocycles. The average molecular weight is 241 g/mol. The van der Waals surface area contributed by atoms with E-state index in [2.05, 4.69) is 5.10 Å². The molecule has 1 fully saturated rings. The minimum absolute atomic E-state index is 0.311. The zero-order chi connectivity index (χ0) is 12.7. The van der Waals surface area contributed by atoms with Gasteiger partial charge in [0.2, 0.25) is 0 Å². The van der Waals surface area contributed by atoms with Gasteiger partial charge in [-0.2, -0.15) is 10.4 Å². The number of rotatable bonds is 2. The molecular weight excluding hydrogens is 229 g/mol. The summed E-state index contributed by atoms with van der Waals surface area (Å²) in [5, 5.41) is 13.3. The molecule has 90 valence electrons. The Bertz CT molecular complexity index is 648. The molecule has 18 heavy (non-hydrogen) atoms. The van der Waals surface area contributed by atoms with Crippen molar-refractivity contribution in [2.75, 3.05) is 0 Å². The number of hydrogen-bond donors (Lipinski definition) is 0. The maximum absolute atomic E-state index is 13.4. The first-order valence-corrected chi connectivity index (χ1v) is 5.94. The van der Waals surface area contributed by atoms with E-state index in [9.17, 15) is 4.39 Å². The van der Waals surface area contributed by atoms with Gasteiger partial charge in [0.15, 0.2) is 0 Å². The van der Waals surface area contributed by atoms with Gasteiger partial charge in [-0.3, -0.25) is 0 Å². The monoisotopic (exact) mass is 241 g/mol. The van der Waals surface area contributed by atoms with Gasteiger partial charge in [-0.05, 0) is 43.5 Å². The second-order valence-electron chi connectivity index (χ2n) is 4.73. The van der Waals surface area contributed by atoms with Crippen LogP contribution in [0.1, 0.15) is 35.6 Å². The van der Waals surface area contributed by atoms with Gasteiger partial charge in [0, 0.05) is 12.1 Å². The number of halogens is 1. The SMILES string of the molecule is Cc1cn(-c2cc(F)cc(C#N)c2)nc1C1CC1. The third-order valence-electron chi connectivity index (χ3n) is 3.18. The normalized spacial score (nSPS) is 14.5. The first-order valence-electron chi connectivity index (χ1n) is 5.94. The van der Waals surface area contributed by atoms with Gasteiger partial charge in [0.05, 0.1) is 23.0 Å². The minimum Gasteiger partial charge on any atom is -0.240 e. The fraction of sp³-hybridized carbons (Fsp3) is 0.286. The molecule has 0 N–H and O–H groups in total. The van der Waals surface area contributed by atoms with E-state index in [-0.39, 0.29) is 0 Å². The van der Waals surface area contributed by atoms with E-state index in [1.165, 1.54) is 25.0 Å². The van der Waals surface area contributed by atoms with Crippen molar-refractivity contribution in [1.29, 1.82) is 5.26 Å². The third-order valence-corrected chi connectivity index (χ3v) is 3.18. The van der Waals surface area contributed by atoms with Crippen molar-refractivity contribution in [3.63, 3.8) is 0 Å². The molecule has 2 aromatic rings. The molecule has 4 heteroatoms. The summed E-state index contributed by atoms with van der Waals surface area (Å²) < 4.78 is 15.0. The van der Waals surface area contributed by atoms with E-state index in [0.29, 0.717) is 17.2 Å². The van der Waals surface area contributed by atoms with Crippen LogP contribution in [0.3, 0.4) is 0 Å². The molecule has 1 aromatic heterocycles. The Balaban J connectivity index is 2.06. The van der Waals surface area contributed by atoms with Crippen LogP contribution in [0, 0.1) is 24.1 Å². The molecule has 0 saturated heterocycles. The van der Waals surface area contributed by atoms with Gasteiger partial charge in [0.25, 0.3) is 0 Å². The first-order chi connectivity index (χ1) is 8.67. The summed E-state index contributed by atoms with van der Waals surface area (Å²) >= 11 is 0. The van der Waals surface area contributed by atoms with Crippen LogP contribution in [0.25, 0.3) is 5.69 Å². The first kappa shape index (κ1) is 11.0. The number of aryl methyl sites for hydroxylation is 1. The summed E-state index contributed by atoms with van der Waals surface area (Å²) in [5.74, 6) is 0.153. The standard InChI is InChI=1S/C14H12FN3/c1-9-8-18(17-14(9)11-2-3-11)13-5-10(7-16)4-12(15)6-13/h4-6,8,11H,2-3H2,1H3. The number of benzene rings is 1. The molecule has 1 aliphatic rings. The second kappa shape index (κ2) is 3.95. The number of aromatic nitrogens is 2. The Morgan fingerprint density at radius 2 is 2.17 bits per heavy atom. The highest BCUT2D eigenvalue weighted by atomic mass is 19.1. The predicted octanol–water partition coefficient (Wildman–Crippen LogP) is 3.07. The van der Waals surface area contributed by atoms with Gasteiger partial charge in [-0.15, -0.1) is 0 Å². The fourth-order valence-corrected chi connectivity index (χ4v) is 2.14. The van der Waals surface area contributed by atoms with Crippen LogP contribution in [-0.2, 0) is 0 Å². The van der Waals surface area contributed by atoms with Crippen LogP contribution in [-0.4, -0.2) is 9.78 Å². The van der Waals surface area contributed by atoms with Crippen LogP contribution < -0.4 is 0 Å². The Labute approximate surface area is 104 Å². The van der Waals surface area contributed by atoms with Gasteiger partial charge < -0.3 is 0 Å². The van der Waals surface area contributed by atoms with Crippen molar-refractivity contribution in [2.24, 2.45) is 0 Å². The third kappa shape index (κ3) is 1.88. The molecule has 1 heterocycles. The van der Waals surface area contributed by atoms with Crippen molar-refractivity contribution in [3.05, 3.63) is 47.0 Å². The van der Waals surface area contributed by atoms with Gasteiger partial charge in [0.1, 0.15) is 5.82 Å². The number of hydrogen-bond acceptors (Lipinski definition) is 2. The lowest BCUT2D eigenvalue weighted by molar-refractivity contribution is 0.624. The Morgan fingerprint density at radius 1 is 1.39 bits per heavy atom. The fourth-order valence-electron chi connectivity index (χ4n) is 2.14. The van der Waals surface area contributed by atoms with E-state index in [4.69, 9.17) is 5.26 Å². The molecule has 0 atom stereocenters. The molecule has 0 spiro atoms. The van der Waals surface area contributed by atoms with Crippen LogP contribution >= 0.6 is 0 Å². The summed E-state index contributed by atoms with van der Waals surface area (Å²) in [6, 6.07) is 6.22. The average Bonchev–Trinajstić information content (AvgIpc) is 3.12. The molecule has 3 nitrogen and oxygen atoms in total. The van der Waals surface area contributed by atoms with Gasteiger partial charge >= 0.3 is 0 Å². The number of nitrogens with zero attached hydrogens (tertiary/aromatic N) is 3. The summed E-state index contributed by atoms with van der Waals surface area (Å²) in [7, 11) is 0. The van der Waals surface area contributed by atoms with Crippen LogP contribution in [0.2, 0.25) is 0 Å².